The maximum atomic E-state index is 11.7. The number of rotatable bonds is 5. The molecule has 2 N–H and O–H groups in total. The highest BCUT2D eigenvalue weighted by molar-refractivity contribution is 9.10. The second-order valence-electron chi connectivity index (χ2n) is 3.60. The van der Waals surface area contributed by atoms with E-state index >= 15 is 0 Å². The Bertz CT molecular complexity index is 531. The van der Waals surface area contributed by atoms with Crippen molar-refractivity contribution in [2.45, 2.75) is 0 Å². The summed E-state index contributed by atoms with van der Waals surface area (Å²) in [6, 6.07) is 5.98. The van der Waals surface area contributed by atoms with Crippen LogP contribution >= 0.6 is 15.9 Å². The Kier molecular flexibility index (Phi) is 6.45. The first-order chi connectivity index (χ1) is 9.54. The van der Waals surface area contributed by atoms with E-state index in [1.54, 1.807) is 24.3 Å². The van der Waals surface area contributed by atoms with E-state index < -0.39 is 24.5 Å². The van der Waals surface area contributed by atoms with E-state index in [2.05, 4.69) is 27.8 Å². The molecule has 20 heavy (non-hydrogen) atoms. The van der Waals surface area contributed by atoms with Crippen LogP contribution in [0.1, 0.15) is 10.4 Å². The Balaban J connectivity index is 2.41. The van der Waals surface area contributed by atoms with Gasteiger partial charge >= 0.3 is 12.0 Å². The lowest BCUT2D eigenvalue weighted by Gasteiger charge is -2.07. The first-order valence-electron chi connectivity index (χ1n) is 5.65. The third-order valence-electron chi connectivity index (χ3n) is 2.09. The molecule has 0 saturated heterocycles. The van der Waals surface area contributed by atoms with Crippen molar-refractivity contribution in [3.63, 3.8) is 0 Å². The molecule has 0 spiro atoms. The Labute approximate surface area is 124 Å². The highest BCUT2D eigenvalue weighted by Gasteiger charge is 2.13. The first-order valence-corrected chi connectivity index (χ1v) is 6.44. The van der Waals surface area contributed by atoms with Crippen molar-refractivity contribution in [3.8, 4) is 0 Å². The van der Waals surface area contributed by atoms with Crippen LogP contribution in [0.25, 0.3) is 0 Å². The molecule has 1 aromatic rings. The van der Waals surface area contributed by atoms with Crippen LogP contribution in [0.5, 0.6) is 0 Å². The Morgan fingerprint density at radius 2 is 2.00 bits per heavy atom. The SMILES string of the molecule is C=CCNC(=O)NC(=O)COC(=O)c1ccccc1Br. The number of carbonyl (C=O) groups is 3. The summed E-state index contributed by atoms with van der Waals surface area (Å²) in [5, 5.41) is 4.37. The second kappa shape index (κ2) is 8.11. The van der Waals surface area contributed by atoms with E-state index in [4.69, 9.17) is 4.74 Å². The van der Waals surface area contributed by atoms with Crippen LogP contribution < -0.4 is 10.6 Å². The Morgan fingerprint density at radius 1 is 1.30 bits per heavy atom. The zero-order valence-corrected chi connectivity index (χ0v) is 12.1. The van der Waals surface area contributed by atoms with Gasteiger partial charge in [-0.05, 0) is 28.1 Å². The number of nitrogens with one attached hydrogen (secondary N) is 2. The number of amides is 3. The van der Waals surface area contributed by atoms with Gasteiger partial charge in [-0.25, -0.2) is 9.59 Å². The lowest BCUT2D eigenvalue weighted by molar-refractivity contribution is -0.123. The number of urea groups is 1. The molecule has 0 aromatic heterocycles. The molecule has 0 bridgehead atoms. The normalized spacial score (nSPS) is 9.45. The number of halogens is 1. The molecule has 0 fully saturated rings. The minimum atomic E-state index is -0.716. The fourth-order valence-corrected chi connectivity index (χ4v) is 1.65. The van der Waals surface area contributed by atoms with Crippen LogP contribution in [0.3, 0.4) is 0 Å². The molecule has 3 amide bonds. The fourth-order valence-electron chi connectivity index (χ4n) is 1.21. The Morgan fingerprint density at radius 3 is 2.65 bits per heavy atom. The van der Waals surface area contributed by atoms with Crippen LogP contribution in [0, 0.1) is 0 Å². The minimum Gasteiger partial charge on any atom is -0.452 e. The molecular formula is C13H13BrN2O4. The van der Waals surface area contributed by atoms with Crippen LogP contribution in [0.4, 0.5) is 4.79 Å². The molecule has 1 rings (SSSR count). The van der Waals surface area contributed by atoms with Gasteiger partial charge in [-0.2, -0.15) is 0 Å². The third-order valence-corrected chi connectivity index (χ3v) is 2.78. The second-order valence-corrected chi connectivity index (χ2v) is 4.46. The zero-order chi connectivity index (χ0) is 15.0. The van der Waals surface area contributed by atoms with Crippen LogP contribution in [0.2, 0.25) is 0 Å². The van der Waals surface area contributed by atoms with Gasteiger partial charge in [-0.3, -0.25) is 10.1 Å². The van der Waals surface area contributed by atoms with E-state index in [-0.39, 0.29) is 6.54 Å². The standard InChI is InChI=1S/C13H13BrN2O4/c1-2-7-15-13(19)16-11(17)8-20-12(18)9-5-3-4-6-10(9)14/h2-6H,1,7-8H2,(H2,15,16,17,19). The van der Waals surface area contributed by atoms with E-state index in [1.165, 1.54) is 6.08 Å². The van der Waals surface area contributed by atoms with Gasteiger partial charge in [0.25, 0.3) is 5.91 Å². The summed E-state index contributed by atoms with van der Waals surface area (Å²) in [7, 11) is 0. The zero-order valence-electron chi connectivity index (χ0n) is 10.5. The third kappa shape index (κ3) is 5.23. The summed E-state index contributed by atoms with van der Waals surface area (Å²) < 4.78 is 5.36. The number of esters is 1. The van der Waals surface area contributed by atoms with Crippen molar-refractivity contribution in [2.75, 3.05) is 13.2 Å². The van der Waals surface area contributed by atoms with Gasteiger partial charge in [0.1, 0.15) is 0 Å². The molecule has 0 unspecified atom stereocenters. The topological polar surface area (TPSA) is 84.5 Å². The molecule has 6 nitrogen and oxygen atoms in total. The number of hydrogen-bond acceptors (Lipinski definition) is 4. The van der Waals surface area contributed by atoms with Crippen LogP contribution in [0.15, 0.2) is 41.4 Å². The molecule has 0 saturated carbocycles. The summed E-state index contributed by atoms with van der Waals surface area (Å²) in [5.41, 5.74) is 0.302. The largest absolute Gasteiger partial charge is 0.452 e. The lowest BCUT2D eigenvalue weighted by atomic mass is 10.2. The van der Waals surface area contributed by atoms with Gasteiger partial charge in [-0.15, -0.1) is 6.58 Å². The van der Waals surface area contributed by atoms with Crippen molar-refractivity contribution >= 4 is 33.8 Å². The Hall–Kier alpha value is -2.15. The van der Waals surface area contributed by atoms with E-state index in [9.17, 15) is 14.4 Å². The number of imide groups is 1. The van der Waals surface area contributed by atoms with Crippen LogP contribution in [-0.2, 0) is 9.53 Å². The van der Waals surface area contributed by atoms with Gasteiger partial charge in [0.2, 0.25) is 0 Å². The summed E-state index contributed by atoms with van der Waals surface area (Å²) in [6.07, 6.45) is 1.47. The summed E-state index contributed by atoms with van der Waals surface area (Å²) in [4.78, 5) is 34.2. The molecule has 106 valence electrons. The maximum absolute atomic E-state index is 11.7. The molecule has 1 aromatic carbocycles. The summed E-state index contributed by atoms with van der Waals surface area (Å²) in [5.74, 6) is -1.37. The number of carbonyl (C=O) groups excluding carboxylic acids is 3. The highest BCUT2D eigenvalue weighted by atomic mass is 79.9. The number of ether oxygens (including phenoxy) is 1. The minimum absolute atomic E-state index is 0.232. The van der Waals surface area contributed by atoms with E-state index in [0.717, 1.165) is 0 Å². The van der Waals surface area contributed by atoms with Crippen molar-refractivity contribution < 1.29 is 19.1 Å². The molecular weight excluding hydrogens is 328 g/mol. The molecule has 0 atom stereocenters. The number of benzene rings is 1. The van der Waals surface area contributed by atoms with Crippen LogP contribution in [-0.4, -0.2) is 31.1 Å². The predicted octanol–water partition coefficient (Wildman–Crippen LogP) is 1.62. The van der Waals surface area contributed by atoms with Crippen molar-refractivity contribution in [1.29, 1.82) is 0 Å². The average molecular weight is 341 g/mol. The van der Waals surface area contributed by atoms with Gasteiger partial charge in [0, 0.05) is 11.0 Å². The predicted molar refractivity (Wildman–Crippen MR) is 76.2 cm³/mol. The first kappa shape index (κ1) is 15.9. The monoisotopic (exact) mass is 340 g/mol. The van der Waals surface area contributed by atoms with Crippen molar-refractivity contribution in [2.24, 2.45) is 0 Å². The summed E-state index contributed by atoms with van der Waals surface area (Å²) in [6.45, 7) is 3.10. The molecule has 0 radical (unpaired) electrons. The quantitative estimate of drug-likeness (QED) is 0.630. The van der Waals surface area contributed by atoms with E-state index in [1.807, 2.05) is 5.32 Å². The van der Waals surface area contributed by atoms with Gasteiger partial charge < -0.3 is 10.1 Å². The van der Waals surface area contributed by atoms with Crippen molar-refractivity contribution in [1.82, 2.24) is 10.6 Å². The summed E-state index contributed by atoms with van der Waals surface area (Å²) >= 11 is 3.20. The van der Waals surface area contributed by atoms with E-state index in [0.29, 0.717) is 10.0 Å². The smallest absolute Gasteiger partial charge is 0.339 e. The molecule has 0 aliphatic rings. The molecule has 0 aliphatic carbocycles. The molecule has 0 aliphatic heterocycles. The molecule has 0 heterocycles. The van der Waals surface area contributed by atoms with Gasteiger partial charge in [0.15, 0.2) is 6.61 Å². The maximum Gasteiger partial charge on any atom is 0.339 e. The number of hydrogen-bond donors (Lipinski definition) is 2. The van der Waals surface area contributed by atoms with Crippen molar-refractivity contribution in [3.05, 3.63) is 47.0 Å². The highest BCUT2D eigenvalue weighted by Crippen LogP contribution is 2.16. The molecule has 7 heteroatoms. The fraction of sp³-hybridized carbons (Fsp3) is 0.154. The lowest BCUT2D eigenvalue weighted by Crippen LogP contribution is -2.41. The average Bonchev–Trinajstić information content (AvgIpc) is 2.43. The van der Waals surface area contributed by atoms with Gasteiger partial charge in [0.05, 0.1) is 5.56 Å². The van der Waals surface area contributed by atoms with Gasteiger partial charge in [-0.1, -0.05) is 18.2 Å².